The highest BCUT2D eigenvalue weighted by Gasteiger charge is 2.28. The largest absolute Gasteiger partial charge is 0.480 e. The molecule has 1 saturated heterocycles. The van der Waals surface area contributed by atoms with Gasteiger partial charge in [0.1, 0.15) is 6.61 Å². The lowest BCUT2D eigenvalue weighted by atomic mass is 10.1. The molecule has 1 amide bonds. The first kappa shape index (κ1) is 16.4. The fourth-order valence-corrected chi connectivity index (χ4v) is 2.35. The van der Waals surface area contributed by atoms with E-state index in [0.29, 0.717) is 32.5 Å². The van der Waals surface area contributed by atoms with Crippen LogP contribution in [0.15, 0.2) is 18.7 Å². The average molecular weight is 311 g/mol. The second kappa shape index (κ2) is 8.50. The molecule has 2 rings (SSSR count). The van der Waals surface area contributed by atoms with Crippen LogP contribution in [0.1, 0.15) is 19.3 Å². The summed E-state index contributed by atoms with van der Waals surface area (Å²) < 4.78 is 12.6. The van der Waals surface area contributed by atoms with Gasteiger partial charge >= 0.3 is 5.97 Å². The zero-order chi connectivity index (χ0) is 15.8. The van der Waals surface area contributed by atoms with E-state index in [2.05, 4.69) is 10.3 Å². The number of hydrogen-bond acceptors (Lipinski definition) is 5. The van der Waals surface area contributed by atoms with Crippen molar-refractivity contribution in [1.82, 2.24) is 14.9 Å². The second-order valence-corrected chi connectivity index (χ2v) is 5.18. The van der Waals surface area contributed by atoms with E-state index in [4.69, 9.17) is 14.6 Å². The number of aromatic nitrogens is 2. The highest BCUT2D eigenvalue weighted by Crippen LogP contribution is 2.12. The van der Waals surface area contributed by atoms with Gasteiger partial charge in [-0.3, -0.25) is 4.79 Å². The highest BCUT2D eigenvalue weighted by atomic mass is 16.5. The number of carbonyl (C=O) groups is 2. The third kappa shape index (κ3) is 5.45. The SMILES string of the molecule is O=C(O)CO[C@H]1CCOC[C@H]1NC(=O)CCCn1ccnc1. The Morgan fingerprint density at radius 1 is 1.50 bits per heavy atom. The predicted octanol–water partition coefficient (Wildman–Crippen LogP) is 0.0382. The average Bonchev–Trinajstić information content (AvgIpc) is 2.99. The number of nitrogens with one attached hydrogen (secondary N) is 1. The number of carbonyl (C=O) groups excluding carboxylic acids is 1. The van der Waals surface area contributed by atoms with E-state index in [0.717, 1.165) is 6.54 Å². The van der Waals surface area contributed by atoms with Gasteiger partial charge in [-0.15, -0.1) is 0 Å². The Labute approximate surface area is 128 Å². The molecule has 8 heteroatoms. The lowest BCUT2D eigenvalue weighted by Gasteiger charge is -2.31. The molecule has 122 valence electrons. The van der Waals surface area contributed by atoms with Gasteiger partial charge in [0.25, 0.3) is 0 Å². The normalized spacial score (nSPS) is 21.5. The van der Waals surface area contributed by atoms with Gasteiger partial charge in [0.05, 0.1) is 25.1 Å². The number of aliphatic carboxylic acids is 1. The van der Waals surface area contributed by atoms with E-state index in [-0.39, 0.29) is 24.7 Å². The number of hydrogen-bond donors (Lipinski definition) is 2. The number of carboxylic acid groups (broad SMARTS) is 1. The minimum absolute atomic E-state index is 0.0838. The zero-order valence-electron chi connectivity index (χ0n) is 12.3. The number of ether oxygens (including phenoxy) is 2. The smallest absolute Gasteiger partial charge is 0.329 e. The van der Waals surface area contributed by atoms with Crippen molar-refractivity contribution in [3.63, 3.8) is 0 Å². The molecule has 0 radical (unpaired) electrons. The third-order valence-corrected chi connectivity index (χ3v) is 3.44. The van der Waals surface area contributed by atoms with Gasteiger partial charge in [-0.2, -0.15) is 0 Å². The molecule has 2 heterocycles. The molecule has 1 aliphatic rings. The third-order valence-electron chi connectivity index (χ3n) is 3.44. The van der Waals surface area contributed by atoms with Crippen molar-refractivity contribution in [2.24, 2.45) is 0 Å². The minimum Gasteiger partial charge on any atom is -0.480 e. The number of carboxylic acids is 1. The van der Waals surface area contributed by atoms with Gasteiger partial charge in [0, 0.05) is 32.0 Å². The Morgan fingerprint density at radius 2 is 2.36 bits per heavy atom. The second-order valence-electron chi connectivity index (χ2n) is 5.18. The van der Waals surface area contributed by atoms with E-state index in [1.165, 1.54) is 0 Å². The Kier molecular flexibility index (Phi) is 6.35. The molecule has 0 aromatic carbocycles. The van der Waals surface area contributed by atoms with Crippen molar-refractivity contribution >= 4 is 11.9 Å². The van der Waals surface area contributed by atoms with Crippen molar-refractivity contribution in [2.45, 2.75) is 38.0 Å². The van der Waals surface area contributed by atoms with Crippen molar-refractivity contribution in [2.75, 3.05) is 19.8 Å². The summed E-state index contributed by atoms with van der Waals surface area (Å²) in [5.74, 6) is -1.10. The van der Waals surface area contributed by atoms with Crippen LogP contribution in [0.25, 0.3) is 0 Å². The lowest BCUT2D eigenvalue weighted by molar-refractivity contribution is -0.148. The maximum atomic E-state index is 12.0. The summed E-state index contributed by atoms with van der Waals surface area (Å²) in [5, 5.41) is 11.5. The number of aryl methyl sites for hydroxylation is 1. The molecule has 22 heavy (non-hydrogen) atoms. The van der Waals surface area contributed by atoms with E-state index in [1.54, 1.807) is 12.5 Å². The lowest BCUT2D eigenvalue weighted by Crippen LogP contribution is -2.51. The first-order valence-electron chi connectivity index (χ1n) is 7.31. The van der Waals surface area contributed by atoms with Gasteiger partial charge in [-0.25, -0.2) is 9.78 Å². The highest BCUT2D eigenvalue weighted by molar-refractivity contribution is 5.76. The van der Waals surface area contributed by atoms with E-state index < -0.39 is 5.97 Å². The Bertz CT molecular complexity index is 477. The monoisotopic (exact) mass is 311 g/mol. The van der Waals surface area contributed by atoms with Gasteiger partial charge in [-0.05, 0) is 12.8 Å². The fraction of sp³-hybridized carbons (Fsp3) is 0.643. The Balaban J connectivity index is 1.71. The van der Waals surface area contributed by atoms with Crippen LogP contribution in [0.2, 0.25) is 0 Å². The first-order valence-corrected chi connectivity index (χ1v) is 7.31. The summed E-state index contributed by atoms with van der Waals surface area (Å²) in [6, 6.07) is -0.297. The van der Waals surface area contributed by atoms with Gasteiger partial charge in [0.2, 0.25) is 5.91 Å². The van der Waals surface area contributed by atoms with Crippen LogP contribution >= 0.6 is 0 Å². The molecule has 0 bridgehead atoms. The van der Waals surface area contributed by atoms with Crippen LogP contribution in [0.4, 0.5) is 0 Å². The van der Waals surface area contributed by atoms with Crippen molar-refractivity contribution < 1.29 is 24.2 Å². The standard InChI is InChI=1S/C14H21N3O5/c18-13(2-1-5-17-6-4-15-10-17)16-11-8-21-7-3-12(11)22-9-14(19)20/h4,6,10-12H,1-3,5,7-9H2,(H,16,18)(H,19,20)/t11-,12+/m1/s1. The maximum Gasteiger partial charge on any atom is 0.329 e. The summed E-state index contributed by atoms with van der Waals surface area (Å²) >= 11 is 0. The number of amides is 1. The van der Waals surface area contributed by atoms with Crippen molar-refractivity contribution in [1.29, 1.82) is 0 Å². The maximum absolute atomic E-state index is 12.0. The summed E-state index contributed by atoms with van der Waals surface area (Å²) in [6.07, 6.45) is 6.61. The summed E-state index contributed by atoms with van der Waals surface area (Å²) in [6.45, 7) is 1.22. The molecule has 0 spiro atoms. The Morgan fingerprint density at radius 3 is 3.09 bits per heavy atom. The molecule has 0 aliphatic carbocycles. The van der Waals surface area contributed by atoms with Crippen LogP contribution in [0.5, 0.6) is 0 Å². The molecule has 1 aliphatic heterocycles. The van der Waals surface area contributed by atoms with Crippen LogP contribution in [-0.4, -0.2) is 58.5 Å². The molecule has 8 nitrogen and oxygen atoms in total. The quantitative estimate of drug-likeness (QED) is 0.702. The van der Waals surface area contributed by atoms with Crippen molar-refractivity contribution in [3.05, 3.63) is 18.7 Å². The molecule has 2 N–H and O–H groups in total. The van der Waals surface area contributed by atoms with E-state index in [1.807, 2.05) is 10.8 Å². The first-order chi connectivity index (χ1) is 10.6. The number of imidazole rings is 1. The van der Waals surface area contributed by atoms with E-state index in [9.17, 15) is 9.59 Å². The summed E-state index contributed by atoms with van der Waals surface area (Å²) in [4.78, 5) is 26.5. The topological polar surface area (TPSA) is 103 Å². The molecular formula is C14H21N3O5. The zero-order valence-corrected chi connectivity index (χ0v) is 12.3. The summed E-state index contributed by atoms with van der Waals surface area (Å²) in [7, 11) is 0. The molecular weight excluding hydrogens is 290 g/mol. The molecule has 1 fully saturated rings. The predicted molar refractivity (Wildman–Crippen MR) is 76.2 cm³/mol. The van der Waals surface area contributed by atoms with Gasteiger partial charge in [-0.1, -0.05) is 0 Å². The van der Waals surface area contributed by atoms with Crippen molar-refractivity contribution in [3.8, 4) is 0 Å². The molecule has 2 atom stereocenters. The van der Waals surface area contributed by atoms with Crippen LogP contribution in [-0.2, 0) is 25.6 Å². The summed E-state index contributed by atoms with van der Waals surface area (Å²) in [5.41, 5.74) is 0. The Hall–Kier alpha value is -1.93. The fourth-order valence-electron chi connectivity index (χ4n) is 2.35. The van der Waals surface area contributed by atoms with Gasteiger partial charge < -0.3 is 24.5 Å². The van der Waals surface area contributed by atoms with Gasteiger partial charge in [0.15, 0.2) is 0 Å². The van der Waals surface area contributed by atoms with Crippen LogP contribution in [0.3, 0.4) is 0 Å². The molecule has 1 aromatic rings. The van der Waals surface area contributed by atoms with Crippen LogP contribution < -0.4 is 5.32 Å². The molecule has 1 aromatic heterocycles. The number of rotatable bonds is 8. The molecule has 0 unspecified atom stereocenters. The number of nitrogens with zero attached hydrogens (tertiary/aromatic N) is 2. The minimum atomic E-state index is -1.02. The molecule has 0 saturated carbocycles. The van der Waals surface area contributed by atoms with E-state index >= 15 is 0 Å². The van der Waals surface area contributed by atoms with Crippen LogP contribution in [0, 0.1) is 0 Å².